The second-order valence-electron chi connectivity index (χ2n) is 4.72. The summed E-state index contributed by atoms with van der Waals surface area (Å²) in [6.45, 7) is 7.98. The summed E-state index contributed by atoms with van der Waals surface area (Å²) in [5.41, 5.74) is 6.21. The number of aryl methyl sites for hydroxylation is 2. The van der Waals surface area contributed by atoms with Crippen LogP contribution < -0.4 is 4.57 Å². The maximum absolute atomic E-state index is 8.17. The van der Waals surface area contributed by atoms with Crippen molar-refractivity contribution in [3.8, 4) is 11.3 Å². The van der Waals surface area contributed by atoms with E-state index >= 15 is 0 Å². The second kappa shape index (κ2) is 4.33. The highest BCUT2D eigenvalue weighted by atomic mass is 14.9. The van der Waals surface area contributed by atoms with E-state index in [1.54, 1.807) is 0 Å². The molecule has 1 aromatic carbocycles. The first kappa shape index (κ1) is 9.41. The van der Waals surface area contributed by atoms with E-state index in [0.29, 0.717) is 12.2 Å². The molecule has 0 unspecified atom stereocenters. The van der Waals surface area contributed by atoms with Gasteiger partial charge in [-0.15, -0.1) is 0 Å². The molecule has 0 spiro atoms. The number of hydrogen-bond acceptors (Lipinski definition) is 0. The Morgan fingerprint density at radius 1 is 1.00 bits per heavy atom. The van der Waals surface area contributed by atoms with Crippen LogP contribution in [0.4, 0.5) is 0 Å². The Morgan fingerprint density at radius 2 is 1.71 bits per heavy atom. The highest BCUT2D eigenvalue weighted by Crippen LogP contribution is 2.23. The van der Waals surface area contributed by atoms with Gasteiger partial charge in [-0.05, 0) is 44.9 Å². The standard InChI is InChI=1S/C16H20N/c1-11-6-7-12(2)15(8-11)16-9-13(3)14(4)10-17(16)5/h6-10H,1-5H3/q+1/i7D,10D. The smallest absolute Gasteiger partial charge is 0.201 e. The molecule has 0 aliphatic carbocycles. The molecule has 0 saturated carbocycles. The Morgan fingerprint density at radius 3 is 2.41 bits per heavy atom. The lowest BCUT2D eigenvalue weighted by molar-refractivity contribution is -0.660. The van der Waals surface area contributed by atoms with E-state index in [9.17, 15) is 0 Å². The Bertz CT molecular complexity index is 661. The fourth-order valence-electron chi connectivity index (χ4n) is 2.01. The highest BCUT2D eigenvalue weighted by Gasteiger charge is 2.14. The third kappa shape index (κ3) is 2.23. The van der Waals surface area contributed by atoms with E-state index in [4.69, 9.17) is 2.74 Å². The first-order valence-electron chi connectivity index (χ1n) is 6.88. The van der Waals surface area contributed by atoms with Crippen molar-refractivity contribution in [3.05, 3.63) is 52.7 Å². The van der Waals surface area contributed by atoms with Crippen molar-refractivity contribution in [1.82, 2.24) is 0 Å². The number of nitrogens with zero attached hydrogens (tertiary/aromatic N) is 1. The number of hydrogen-bond donors (Lipinski definition) is 0. The van der Waals surface area contributed by atoms with Crippen molar-refractivity contribution in [2.24, 2.45) is 7.05 Å². The normalized spacial score (nSPS) is 12.3. The molecule has 1 aromatic heterocycles. The topological polar surface area (TPSA) is 3.88 Å². The van der Waals surface area contributed by atoms with Gasteiger partial charge in [-0.25, -0.2) is 4.57 Å². The first-order chi connectivity index (χ1) is 8.82. The van der Waals surface area contributed by atoms with Gasteiger partial charge in [0, 0.05) is 17.2 Å². The molecule has 0 N–H and O–H groups in total. The molecule has 0 amide bonds. The van der Waals surface area contributed by atoms with Gasteiger partial charge in [-0.2, -0.15) is 0 Å². The summed E-state index contributed by atoms with van der Waals surface area (Å²) in [6, 6.07) is 6.63. The van der Waals surface area contributed by atoms with Crippen LogP contribution in [0.5, 0.6) is 0 Å². The fraction of sp³-hybridized carbons (Fsp3) is 0.312. The monoisotopic (exact) mass is 228 g/mol. The molecule has 1 heterocycles. The maximum atomic E-state index is 8.17. The molecule has 17 heavy (non-hydrogen) atoms. The summed E-state index contributed by atoms with van der Waals surface area (Å²) in [7, 11) is 1.91. The maximum Gasteiger partial charge on any atom is 0.212 e. The predicted molar refractivity (Wildman–Crippen MR) is 72.0 cm³/mol. The molecule has 2 rings (SSSR count). The SMILES string of the molecule is [2H]c1cc(C)cc(-c2cc(C)c(C)c([2H])[n+]2C)c1C. The van der Waals surface area contributed by atoms with E-state index in [1.807, 2.05) is 45.4 Å². The van der Waals surface area contributed by atoms with E-state index in [2.05, 4.69) is 12.1 Å². The lowest BCUT2D eigenvalue weighted by Crippen LogP contribution is -2.31. The summed E-state index contributed by atoms with van der Waals surface area (Å²) in [6.07, 6.45) is 0.530. The Balaban J connectivity index is 2.80. The van der Waals surface area contributed by atoms with Crippen LogP contribution in [0.25, 0.3) is 11.3 Å². The lowest BCUT2D eigenvalue weighted by atomic mass is 10.00. The predicted octanol–water partition coefficient (Wildman–Crippen LogP) is 3.41. The second-order valence-corrected chi connectivity index (χ2v) is 4.72. The van der Waals surface area contributed by atoms with Crippen molar-refractivity contribution in [2.45, 2.75) is 27.7 Å². The zero-order chi connectivity index (χ0) is 14.3. The molecule has 0 fully saturated rings. The van der Waals surface area contributed by atoms with Crippen LogP contribution in [0, 0.1) is 27.7 Å². The summed E-state index contributed by atoms with van der Waals surface area (Å²) >= 11 is 0. The third-order valence-electron chi connectivity index (χ3n) is 3.21. The third-order valence-corrected chi connectivity index (χ3v) is 3.21. The van der Waals surface area contributed by atoms with Gasteiger partial charge in [0.2, 0.25) is 5.69 Å². The van der Waals surface area contributed by atoms with Gasteiger partial charge in [0.05, 0.1) is 1.37 Å². The van der Waals surface area contributed by atoms with Gasteiger partial charge >= 0.3 is 0 Å². The first-order valence-corrected chi connectivity index (χ1v) is 5.88. The lowest BCUT2D eigenvalue weighted by Gasteiger charge is -2.07. The van der Waals surface area contributed by atoms with E-state index in [1.165, 1.54) is 0 Å². The number of aromatic nitrogens is 1. The zero-order valence-corrected chi connectivity index (χ0v) is 11.2. The van der Waals surface area contributed by atoms with Crippen LogP contribution in [0.2, 0.25) is 0 Å². The van der Waals surface area contributed by atoms with Crippen LogP contribution in [-0.2, 0) is 7.05 Å². The average molecular weight is 228 g/mol. The van der Waals surface area contributed by atoms with Crippen molar-refractivity contribution in [1.29, 1.82) is 0 Å². The minimum Gasteiger partial charge on any atom is -0.201 e. The highest BCUT2D eigenvalue weighted by molar-refractivity contribution is 5.62. The Labute approximate surface area is 107 Å². The minimum absolute atomic E-state index is 0.530. The summed E-state index contributed by atoms with van der Waals surface area (Å²) in [4.78, 5) is 0. The van der Waals surface area contributed by atoms with Gasteiger partial charge in [0.25, 0.3) is 0 Å². The quantitative estimate of drug-likeness (QED) is 0.659. The number of rotatable bonds is 1. The van der Waals surface area contributed by atoms with Crippen LogP contribution in [0.1, 0.15) is 25.0 Å². The van der Waals surface area contributed by atoms with Crippen LogP contribution in [0.3, 0.4) is 0 Å². The molecular weight excluding hydrogens is 206 g/mol. The molecule has 0 radical (unpaired) electrons. The van der Waals surface area contributed by atoms with Crippen LogP contribution in [-0.4, -0.2) is 0 Å². The average Bonchev–Trinajstić information content (AvgIpc) is 2.36. The largest absolute Gasteiger partial charge is 0.212 e. The van der Waals surface area contributed by atoms with Gasteiger partial charge in [-0.3, -0.25) is 0 Å². The minimum atomic E-state index is 0.530. The summed E-state index contributed by atoms with van der Waals surface area (Å²) in [5, 5.41) is 0. The number of benzene rings is 1. The van der Waals surface area contributed by atoms with Crippen molar-refractivity contribution in [3.63, 3.8) is 0 Å². The van der Waals surface area contributed by atoms with E-state index < -0.39 is 0 Å². The Kier molecular flexibility index (Phi) is 2.39. The van der Waals surface area contributed by atoms with Crippen molar-refractivity contribution >= 4 is 0 Å². The van der Waals surface area contributed by atoms with E-state index in [-0.39, 0.29) is 0 Å². The van der Waals surface area contributed by atoms with Gasteiger partial charge in [0.15, 0.2) is 6.17 Å². The molecule has 0 atom stereocenters. The Hall–Kier alpha value is -1.63. The molecule has 1 nitrogen and oxygen atoms in total. The molecule has 0 aliphatic heterocycles. The molecule has 0 aliphatic rings. The van der Waals surface area contributed by atoms with E-state index in [0.717, 1.165) is 33.5 Å². The fourth-order valence-corrected chi connectivity index (χ4v) is 2.01. The summed E-state index contributed by atoms with van der Waals surface area (Å²) in [5.74, 6) is 0. The van der Waals surface area contributed by atoms with Crippen molar-refractivity contribution in [2.75, 3.05) is 0 Å². The van der Waals surface area contributed by atoms with Crippen LogP contribution >= 0.6 is 0 Å². The zero-order valence-electron chi connectivity index (χ0n) is 13.2. The van der Waals surface area contributed by atoms with Gasteiger partial charge in [-0.1, -0.05) is 17.7 Å². The van der Waals surface area contributed by atoms with Gasteiger partial charge in [0.1, 0.15) is 8.42 Å². The van der Waals surface area contributed by atoms with Crippen molar-refractivity contribution < 1.29 is 7.31 Å². The molecular formula is C16H20N+. The van der Waals surface area contributed by atoms with Gasteiger partial charge < -0.3 is 0 Å². The molecule has 0 saturated heterocycles. The molecule has 1 heteroatoms. The molecule has 2 aromatic rings. The summed E-state index contributed by atoms with van der Waals surface area (Å²) < 4.78 is 18.1. The molecule has 88 valence electrons. The number of pyridine rings is 1. The van der Waals surface area contributed by atoms with Crippen LogP contribution in [0.15, 0.2) is 30.4 Å². The molecule has 0 bridgehead atoms.